The van der Waals surface area contributed by atoms with E-state index in [-0.39, 0.29) is 17.5 Å². The molecule has 1 aliphatic carbocycles. The number of carbonyl (C=O) groups excluding carboxylic acids is 1. The molecule has 7 heteroatoms. The van der Waals surface area contributed by atoms with Gasteiger partial charge in [0.25, 0.3) is 11.5 Å². The number of nitrogens with one attached hydrogen (secondary N) is 1. The molecule has 1 fully saturated rings. The summed E-state index contributed by atoms with van der Waals surface area (Å²) in [6.07, 6.45) is 3.60. The minimum atomic E-state index is -0.210. The van der Waals surface area contributed by atoms with Gasteiger partial charge in [0.15, 0.2) is 0 Å². The minimum absolute atomic E-state index is 0.0837. The summed E-state index contributed by atoms with van der Waals surface area (Å²) >= 11 is 1.63. The topological polar surface area (TPSA) is 70.5 Å². The van der Waals surface area contributed by atoms with Crippen LogP contribution in [0.4, 0.5) is 0 Å². The van der Waals surface area contributed by atoms with Crippen molar-refractivity contribution in [3.63, 3.8) is 0 Å². The van der Waals surface area contributed by atoms with E-state index >= 15 is 0 Å². The molecular weight excluding hydrogens is 348 g/mol. The van der Waals surface area contributed by atoms with Crippen LogP contribution in [0.15, 0.2) is 52.1 Å². The lowest BCUT2D eigenvalue weighted by Gasteiger charge is -2.21. The van der Waals surface area contributed by atoms with Crippen LogP contribution < -0.4 is 5.56 Å². The van der Waals surface area contributed by atoms with Crippen LogP contribution in [0.5, 0.6) is 0 Å². The third kappa shape index (κ3) is 2.43. The van der Waals surface area contributed by atoms with Gasteiger partial charge in [-0.3, -0.25) is 9.59 Å². The Labute approximate surface area is 152 Å². The number of benzene rings is 1. The zero-order valence-electron chi connectivity index (χ0n) is 13.9. The second-order valence-corrected chi connectivity index (χ2v) is 7.37. The Bertz CT molecular complexity index is 1170. The molecule has 130 valence electrons. The van der Waals surface area contributed by atoms with Gasteiger partial charge in [0.05, 0.1) is 17.1 Å². The lowest BCUT2D eigenvalue weighted by atomic mass is 10.2. The van der Waals surface area contributed by atoms with Crippen LogP contribution in [0, 0.1) is 0 Å². The highest BCUT2D eigenvalue weighted by Gasteiger charge is 2.34. The van der Waals surface area contributed by atoms with Crippen LogP contribution in [-0.4, -0.2) is 31.4 Å². The third-order valence-corrected chi connectivity index (χ3v) is 5.52. The van der Waals surface area contributed by atoms with Gasteiger partial charge < -0.3 is 9.88 Å². The maximum atomic E-state index is 13.2. The molecule has 1 N–H and O–H groups in total. The molecule has 26 heavy (non-hydrogen) atoms. The average molecular weight is 364 g/mol. The fourth-order valence-corrected chi connectivity index (χ4v) is 3.98. The Balaban J connectivity index is 1.61. The highest BCUT2D eigenvalue weighted by molar-refractivity contribution is 7.07. The van der Waals surface area contributed by atoms with Crippen molar-refractivity contribution in [1.29, 1.82) is 0 Å². The monoisotopic (exact) mass is 364 g/mol. The molecule has 3 aromatic heterocycles. The summed E-state index contributed by atoms with van der Waals surface area (Å²) < 4.78 is 1.64. The number of fused-ring (bicyclic) bond motifs is 3. The minimum Gasteiger partial charge on any atom is -0.331 e. The number of hydrogen-bond acceptors (Lipinski definition) is 4. The number of para-hydroxylation sites is 1. The molecule has 3 heterocycles. The molecular formula is C19H16N4O2S. The van der Waals surface area contributed by atoms with Crippen LogP contribution in [-0.2, 0) is 6.54 Å². The lowest BCUT2D eigenvalue weighted by molar-refractivity contribution is 0.0732. The number of aromatic amines is 1. The smallest absolute Gasteiger partial charge is 0.259 e. The number of hydrogen-bond donors (Lipinski definition) is 1. The van der Waals surface area contributed by atoms with E-state index in [4.69, 9.17) is 0 Å². The molecule has 0 radical (unpaired) electrons. The fourth-order valence-electron chi connectivity index (χ4n) is 3.32. The number of rotatable bonds is 4. The first-order valence-corrected chi connectivity index (χ1v) is 9.47. The van der Waals surface area contributed by atoms with E-state index in [1.54, 1.807) is 28.1 Å². The molecule has 1 saturated carbocycles. The molecule has 0 saturated heterocycles. The van der Waals surface area contributed by atoms with Gasteiger partial charge in [-0.1, -0.05) is 12.1 Å². The van der Waals surface area contributed by atoms with Gasteiger partial charge in [-0.2, -0.15) is 16.4 Å². The van der Waals surface area contributed by atoms with Gasteiger partial charge in [-0.05, 0) is 47.4 Å². The summed E-state index contributed by atoms with van der Waals surface area (Å²) in [6, 6.07) is 9.57. The van der Waals surface area contributed by atoms with Gasteiger partial charge >= 0.3 is 0 Å². The molecule has 0 spiro atoms. The third-order valence-electron chi connectivity index (χ3n) is 4.79. The maximum absolute atomic E-state index is 13.2. The van der Waals surface area contributed by atoms with Crippen molar-refractivity contribution in [3.8, 4) is 0 Å². The van der Waals surface area contributed by atoms with Crippen molar-refractivity contribution < 1.29 is 4.79 Å². The SMILES string of the molecule is O=C(c1cnn2c1[nH]c(=O)c1ccccc12)N(Cc1ccsc1)C1CC1. The Morgan fingerprint density at radius 3 is 2.92 bits per heavy atom. The Kier molecular flexibility index (Phi) is 3.43. The summed E-state index contributed by atoms with van der Waals surface area (Å²) in [6.45, 7) is 0.585. The Hall–Kier alpha value is -2.93. The zero-order chi connectivity index (χ0) is 17.7. The van der Waals surface area contributed by atoms with Crippen LogP contribution in [0.25, 0.3) is 16.6 Å². The molecule has 5 rings (SSSR count). The van der Waals surface area contributed by atoms with E-state index in [1.165, 1.54) is 0 Å². The number of H-pyrrole nitrogens is 1. The van der Waals surface area contributed by atoms with Crippen LogP contribution >= 0.6 is 11.3 Å². The molecule has 0 aliphatic heterocycles. The quantitative estimate of drug-likeness (QED) is 0.605. The molecule has 4 aromatic rings. The first-order valence-electron chi connectivity index (χ1n) is 8.53. The molecule has 0 bridgehead atoms. The summed E-state index contributed by atoms with van der Waals surface area (Å²) in [7, 11) is 0. The normalized spacial score (nSPS) is 14.2. The van der Waals surface area contributed by atoms with E-state index in [2.05, 4.69) is 15.5 Å². The molecule has 6 nitrogen and oxygen atoms in total. The van der Waals surface area contributed by atoms with Crippen molar-refractivity contribution in [1.82, 2.24) is 19.5 Å². The van der Waals surface area contributed by atoms with Gasteiger partial charge in [-0.15, -0.1) is 0 Å². The summed E-state index contributed by atoms with van der Waals surface area (Å²) in [5.41, 5.74) is 2.51. The second kappa shape index (κ2) is 5.81. The summed E-state index contributed by atoms with van der Waals surface area (Å²) in [5.74, 6) is -0.0837. The predicted molar refractivity (Wildman–Crippen MR) is 101 cm³/mol. The number of carbonyl (C=O) groups is 1. The van der Waals surface area contributed by atoms with Crippen LogP contribution in [0.3, 0.4) is 0 Å². The van der Waals surface area contributed by atoms with E-state index in [0.29, 0.717) is 28.7 Å². The number of nitrogens with zero attached hydrogens (tertiary/aromatic N) is 3. The van der Waals surface area contributed by atoms with Crippen molar-refractivity contribution in [2.75, 3.05) is 0 Å². The first kappa shape index (κ1) is 15.3. The molecule has 0 atom stereocenters. The highest BCUT2D eigenvalue weighted by Crippen LogP contribution is 2.31. The Morgan fingerprint density at radius 1 is 1.31 bits per heavy atom. The van der Waals surface area contributed by atoms with Crippen molar-refractivity contribution in [2.45, 2.75) is 25.4 Å². The van der Waals surface area contributed by atoms with E-state index in [0.717, 1.165) is 18.4 Å². The standard InChI is InChI=1S/C19H16N4O2S/c24-18-14-3-1-2-4-16(14)23-17(21-18)15(9-20-23)19(25)22(13-5-6-13)10-12-7-8-26-11-12/h1-4,7-9,11,13H,5-6,10H2,(H,21,24). The van der Waals surface area contributed by atoms with E-state index in [9.17, 15) is 9.59 Å². The fraction of sp³-hybridized carbons (Fsp3) is 0.211. The van der Waals surface area contributed by atoms with Crippen molar-refractivity contribution in [2.24, 2.45) is 0 Å². The first-order chi connectivity index (χ1) is 12.7. The van der Waals surface area contributed by atoms with Gasteiger partial charge in [-0.25, -0.2) is 4.52 Å². The maximum Gasteiger partial charge on any atom is 0.259 e. The summed E-state index contributed by atoms with van der Waals surface area (Å²) in [4.78, 5) is 30.4. The van der Waals surface area contributed by atoms with Gasteiger partial charge in [0.1, 0.15) is 11.2 Å². The van der Waals surface area contributed by atoms with E-state index in [1.807, 2.05) is 34.5 Å². The zero-order valence-corrected chi connectivity index (χ0v) is 14.7. The average Bonchev–Trinajstić information content (AvgIpc) is 3.20. The van der Waals surface area contributed by atoms with Gasteiger partial charge in [0, 0.05) is 12.6 Å². The number of aromatic nitrogens is 3. The van der Waals surface area contributed by atoms with Crippen molar-refractivity contribution in [3.05, 3.63) is 68.8 Å². The molecule has 1 amide bonds. The highest BCUT2D eigenvalue weighted by atomic mass is 32.1. The second-order valence-electron chi connectivity index (χ2n) is 6.59. The van der Waals surface area contributed by atoms with E-state index < -0.39 is 0 Å². The molecule has 1 aromatic carbocycles. The predicted octanol–water partition coefficient (Wildman–Crippen LogP) is 3.04. The number of amides is 1. The van der Waals surface area contributed by atoms with Crippen molar-refractivity contribution >= 4 is 33.8 Å². The molecule has 0 unspecified atom stereocenters. The largest absolute Gasteiger partial charge is 0.331 e. The molecule has 1 aliphatic rings. The summed E-state index contributed by atoms with van der Waals surface area (Å²) in [5, 5.41) is 9.01. The number of thiophene rings is 1. The van der Waals surface area contributed by atoms with Crippen LogP contribution in [0.2, 0.25) is 0 Å². The van der Waals surface area contributed by atoms with Crippen LogP contribution in [0.1, 0.15) is 28.8 Å². The Morgan fingerprint density at radius 2 is 2.15 bits per heavy atom. The lowest BCUT2D eigenvalue weighted by Crippen LogP contribution is -2.32. The van der Waals surface area contributed by atoms with Gasteiger partial charge in [0.2, 0.25) is 0 Å².